The highest BCUT2D eigenvalue weighted by molar-refractivity contribution is 5.76. The van der Waals surface area contributed by atoms with Gasteiger partial charge in [0.15, 0.2) is 12.0 Å². The maximum atomic E-state index is 13.1. The topological polar surface area (TPSA) is 73.1 Å². The van der Waals surface area contributed by atoms with Gasteiger partial charge < -0.3 is 0 Å². The van der Waals surface area contributed by atoms with E-state index in [4.69, 9.17) is 0 Å². The number of pyridine rings is 1. The lowest BCUT2D eigenvalue weighted by atomic mass is 10.2. The van der Waals surface area contributed by atoms with E-state index in [1.54, 1.807) is 0 Å². The van der Waals surface area contributed by atoms with Crippen molar-refractivity contribution in [2.75, 3.05) is 0 Å². The number of halogens is 3. The summed E-state index contributed by atoms with van der Waals surface area (Å²) in [4.78, 5) is 22.1. The Hall–Kier alpha value is -1.99. The van der Waals surface area contributed by atoms with Crippen LogP contribution in [0.15, 0.2) is 6.20 Å². The van der Waals surface area contributed by atoms with E-state index in [1.807, 2.05) is 0 Å². The lowest BCUT2D eigenvalue weighted by molar-refractivity contribution is -0.389. The van der Waals surface area contributed by atoms with E-state index >= 15 is 0 Å². The smallest absolute Gasteiger partial charge is 0.298 e. The highest BCUT2D eigenvalue weighted by Crippen LogP contribution is 2.30. The zero-order chi connectivity index (χ0) is 11.6. The summed E-state index contributed by atoms with van der Waals surface area (Å²) >= 11 is 0. The summed E-state index contributed by atoms with van der Waals surface area (Å²) in [6.45, 7) is 0. The normalized spacial score (nSPS) is 10.4. The first kappa shape index (κ1) is 11.1. The third kappa shape index (κ3) is 1.92. The predicted molar refractivity (Wildman–Crippen MR) is 41.2 cm³/mol. The number of rotatable bonds is 3. The van der Waals surface area contributed by atoms with Crippen LogP contribution in [-0.4, -0.2) is 16.2 Å². The highest BCUT2D eigenvalue weighted by Gasteiger charge is 2.30. The Balaban J connectivity index is 3.51. The maximum absolute atomic E-state index is 13.1. The average Bonchev–Trinajstić information content (AvgIpc) is 2.16. The van der Waals surface area contributed by atoms with Crippen molar-refractivity contribution in [2.24, 2.45) is 0 Å². The largest absolute Gasteiger partial charge is 0.332 e. The van der Waals surface area contributed by atoms with Crippen molar-refractivity contribution in [3.63, 3.8) is 0 Å². The van der Waals surface area contributed by atoms with Crippen molar-refractivity contribution in [1.29, 1.82) is 0 Å². The summed E-state index contributed by atoms with van der Waals surface area (Å²) in [5.41, 5.74) is -3.48. The molecule has 1 aromatic heterocycles. The molecule has 0 N–H and O–H groups in total. The fraction of sp³-hybridized carbons (Fsp3) is 0.143. The van der Waals surface area contributed by atoms with Crippen LogP contribution < -0.4 is 0 Å². The van der Waals surface area contributed by atoms with E-state index in [9.17, 15) is 28.1 Å². The number of aldehydes is 1. The SMILES string of the molecule is O=Cc1cnc(C(F)F)c([N+](=O)[O-])c1F. The van der Waals surface area contributed by atoms with Crippen LogP contribution in [-0.2, 0) is 0 Å². The number of aromatic nitrogens is 1. The number of nitrogens with zero attached hydrogens (tertiary/aromatic N) is 2. The summed E-state index contributed by atoms with van der Waals surface area (Å²) < 4.78 is 37.5. The van der Waals surface area contributed by atoms with Crippen LogP contribution in [0.25, 0.3) is 0 Å². The van der Waals surface area contributed by atoms with Gasteiger partial charge in [-0.25, -0.2) is 13.8 Å². The van der Waals surface area contributed by atoms with Crippen LogP contribution >= 0.6 is 0 Å². The molecule has 0 saturated carbocycles. The fourth-order valence-corrected chi connectivity index (χ4v) is 0.922. The molecule has 0 spiro atoms. The van der Waals surface area contributed by atoms with Crippen LogP contribution in [0, 0.1) is 15.9 Å². The first-order valence-corrected chi connectivity index (χ1v) is 3.55. The Morgan fingerprint density at radius 1 is 1.53 bits per heavy atom. The monoisotopic (exact) mass is 220 g/mol. The molecular weight excluding hydrogens is 217 g/mol. The summed E-state index contributed by atoms with van der Waals surface area (Å²) in [7, 11) is 0. The number of carbonyl (C=O) groups excluding carboxylic acids is 1. The molecule has 0 bridgehead atoms. The third-order valence-corrected chi connectivity index (χ3v) is 1.56. The number of carbonyl (C=O) groups is 1. The summed E-state index contributed by atoms with van der Waals surface area (Å²) in [6, 6.07) is 0. The van der Waals surface area contributed by atoms with Crippen LogP contribution in [0.1, 0.15) is 22.5 Å². The fourth-order valence-electron chi connectivity index (χ4n) is 0.922. The van der Waals surface area contributed by atoms with Gasteiger partial charge in [-0.15, -0.1) is 0 Å². The van der Waals surface area contributed by atoms with Crippen molar-refractivity contribution in [2.45, 2.75) is 6.43 Å². The molecule has 0 aromatic carbocycles. The lowest BCUT2D eigenvalue weighted by Crippen LogP contribution is -2.05. The Kier molecular flexibility index (Phi) is 2.98. The van der Waals surface area contributed by atoms with Crippen molar-refractivity contribution in [1.82, 2.24) is 4.98 Å². The van der Waals surface area contributed by atoms with Crippen molar-refractivity contribution in [3.8, 4) is 0 Å². The van der Waals surface area contributed by atoms with E-state index in [0.29, 0.717) is 6.20 Å². The molecular formula is C7H3F3N2O3. The van der Waals surface area contributed by atoms with Gasteiger partial charge in [0.05, 0.1) is 10.5 Å². The minimum atomic E-state index is -3.28. The molecule has 0 atom stereocenters. The second-order valence-corrected chi connectivity index (χ2v) is 2.44. The van der Waals surface area contributed by atoms with Gasteiger partial charge in [-0.05, 0) is 0 Å². The second-order valence-electron chi connectivity index (χ2n) is 2.44. The zero-order valence-electron chi connectivity index (χ0n) is 6.99. The van der Waals surface area contributed by atoms with E-state index < -0.39 is 34.1 Å². The maximum Gasteiger partial charge on any atom is 0.332 e. The van der Waals surface area contributed by atoms with Gasteiger partial charge in [0.25, 0.3) is 6.43 Å². The summed E-state index contributed by atoms with van der Waals surface area (Å²) in [5.74, 6) is -1.60. The first-order valence-electron chi connectivity index (χ1n) is 3.55. The van der Waals surface area contributed by atoms with Gasteiger partial charge in [0.1, 0.15) is 0 Å². The van der Waals surface area contributed by atoms with Crippen molar-refractivity contribution in [3.05, 3.63) is 33.4 Å². The average molecular weight is 220 g/mol. The zero-order valence-corrected chi connectivity index (χ0v) is 6.99. The molecule has 1 aromatic rings. The molecule has 5 nitrogen and oxygen atoms in total. The van der Waals surface area contributed by atoms with Crippen LogP contribution in [0.3, 0.4) is 0 Å². The van der Waals surface area contributed by atoms with Crippen LogP contribution in [0.2, 0.25) is 0 Å². The summed E-state index contributed by atoms with van der Waals surface area (Å²) in [5, 5.41) is 10.3. The van der Waals surface area contributed by atoms with Gasteiger partial charge in [0, 0.05) is 6.20 Å². The molecule has 8 heteroatoms. The van der Waals surface area contributed by atoms with Gasteiger partial charge in [-0.1, -0.05) is 0 Å². The standard InChI is InChI=1S/C7H3F3N2O3/c8-4-3(2-13)1-11-5(7(9)10)6(4)12(14)15/h1-2,7H. The molecule has 0 saturated heterocycles. The second kappa shape index (κ2) is 4.03. The number of nitro groups is 1. The number of alkyl halides is 2. The van der Waals surface area contributed by atoms with E-state index in [-0.39, 0.29) is 6.29 Å². The minimum Gasteiger partial charge on any atom is -0.298 e. The molecule has 0 radical (unpaired) electrons. The molecule has 1 heterocycles. The summed E-state index contributed by atoms with van der Waals surface area (Å²) in [6.07, 6.45) is -2.79. The molecule has 80 valence electrons. The van der Waals surface area contributed by atoms with E-state index in [0.717, 1.165) is 0 Å². The quantitative estimate of drug-likeness (QED) is 0.442. The van der Waals surface area contributed by atoms with E-state index in [1.165, 1.54) is 0 Å². The van der Waals surface area contributed by atoms with E-state index in [2.05, 4.69) is 4.98 Å². The predicted octanol–water partition coefficient (Wildman–Crippen LogP) is 1.88. The number of hydrogen-bond acceptors (Lipinski definition) is 4. The van der Waals surface area contributed by atoms with Gasteiger partial charge in [-0.3, -0.25) is 14.9 Å². The van der Waals surface area contributed by atoms with Crippen molar-refractivity contribution >= 4 is 12.0 Å². The van der Waals surface area contributed by atoms with Crippen LogP contribution in [0.5, 0.6) is 0 Å². The Morgan fingerprint density at radius 3 is 2.53 bits per heavy atom. The minimum absolute atomic E-state index is 0.0371. The highest BCUT2D eigenvalue weighted by atomic mass is 19.3. The first-order chi connectivity index (χ1) is 6.99. The lowest BCUT2D eigenvalue weighted by Gasteiger charge is -2.02. The molecule has 0 unspecified atom stereocenters. The Bertz CT molecular complexity index is 422. The Morgan fingerprint density at radius 2 is 2.13 bits per heavy atom. The molecule has 0 aliphatic rings. The van der Waals surface area contributed by atoms with Gasteiger partial charge in [0.2, 0.25) is 5.82 Å². The molecule has 1 rings (SSSR count). The van der Waals surface area contributed by atoms with Crippen molar-refractivity contribution < 1.29 is 22.9 Å². The van der Waals surface area contributed by atoms with Crippen LogP contribution in [0.4, 0.5) is 18.9 Å². The molecule has 15 heavy (non-hydrogen) atoms. The van der Waals surface area contributed by atoms with Gasteiger partial charge in [-0.2, -0.15) is 4.39 Å². The number of hydrogen-bond donors (Lipinski definition) is 0. The molecule has 0 aliphatic heterocycles. The third-order valence-electron chi connectivity index (χ3n) is 1.56. The molecule has 0 fully saturated rings. The Labute approximate surface area is 80.7 Å². The van der Waals surface area contributed by atoms with Gasteiger partial charge >= 0.3 is 5.69 Å². The molecule has 0 amide bonds. The molecule has 0 aliphatic carbocycles.